The SMILES string of the molecule is FC(F)C(F)(F)c1ncc(CCl)s1. The van der Waals surface area contributed by atoms with Crippen molar-refractivity contribution in [1.29, 1.82) is 0 Å². The topological polar surface area (TPSA) is 12.9 Å². The summed E-state index contributed by atoms with van der Waals surface area (Å²) in [6, 6.07) is 0. The Morgan fingerprint density at radius 1 is 1.54 bits per heavy atom. The van der Waals surface area contributed by atoms with Crippen LogP contribution in [0.5, 0.6) is 0 Å². The predicted molar refractivity (Wildman–Crippen MR) is 41.6 cm³/mol. The highest BCUT2D eigenvalue weighted by Crippen LogP contribution is 2.36. The van der Waals surface area contributed by atoms with E-state index in [0.717, 1.165) is 6.20 Å². The molecular weight excluding hydrogens is 230 g/mol. The van der Waals surface area contributed by atoms with Crippen molar-refractivity contribution in [3.8, 4) is 0 Å². The molecule has 13 heavy (non-hydrogen) atoms. The quantitative estimate of drug-likeness (QED) is 0.577. The number of alkyl halides is 5. The minimum Gasteiger partial charge on any atom is -0.243 e. The van der Waals surface area contributed by atoms with Crippen molar-refractivity contribution in [1.82, 2.24) is 4.98 Å². The fourth-order valence-electron chi connectivity index (χ4n) is 0.617. The van der Waals surface area contributed by atoms with Gasteiger partial charge in [0.25, 0.3) is 0 Å². The largest absolute Gasteiger partial charge is 0.358 e. The van der Waals surface area contributed by atoms with Gasteiger partial charge in [-0.15, -0.1) is 22.9 Å². The standard InChI is InChI=1S/C6H4ClF4NS/c7-1-3-2-12-5(13-3)6(10,11)4(8)9/h2,4H,1H2. The third kappa shape index (κ3) is 2.11. The minimum atomic E-state index is -4.17. The number of nitrogens with zero attached hydrogens (tertiary/aromatic N) is 1. The van der Waals surface area contributed by atoms with E-state index in [1.165, 1.54) is 0 Å². The summed E-state index contributed by atoms with van der Waals surface area (Å²) < 4.78 is 48.8. The van der Waals surface area contributed by atoms with Crippen molar-refractivity contribution in [2.45, 2.75) is 18.2 Å². The summed E-state index contributed by atoms with van der Waals surface area (Å²) >= 11 is 5.80. The summed E-state index contributed by atoms with van der Waals surface area (Å²) in [5.74, 6) is -4.17. The van der Waals surface area contributed by atoms with Crippen molar-refractivity contribution >= 4 is 22.9 Å². The third-order valence-corrected chi connectivity index (χ3v) is 2.77. The molecule has 0 radical (unpaired) electrons. The van der Waals surface area contributed by atoms with Gasteiger partial charge in [-0.25, -0.2) is 13.8 Å². The average Bonchev–Trinajstić information content (AvgIpc) is 2.51. The minimum absolute atomic E-state index is 0.00299. The second kappa shape index (κ2) is 3.79. The Labute approximate surface area is 80.4 Å². The van der Waals surface area contributed by atoms with E-state index in [4.69, 9.17) is 11.6 Å². The van der Waals surface area contributed by atoms with Gasteiger partial charge in [-0.3, -0.25) is 0 Å². The number of rotatable bonds is 3. The van der Waals surface area contributed by atoms with Gasteiger partial charge in [-0.05, 0) is 0 Å². The van der Waals surface area contributed by atoms with E-state index in [1.54, 1.807) is 0 Å². The summed E-state index contributed by atoms with van der Waals surface area (Å²) in [5.41, 5.74) is 0. The van der Waals surface area contributed by atoms with E-state index in [0.29, 0.717) is 16.2 Å². The van der Waals surface area contributed by atoms with Crippen LogP contribution in [0.1, 0.15) is 9.88 Å². The van der Waals surface area contributed by atoms with Crippen LogP contribution in [0.2, 0.25) is 0 Å². The molecule has 0 saturated carbocycles. The Morgan fingerprint density at radius 2 is 2.15 bits per heavy atom. The number of halogens is 5. The number of hydrogen-bond donors (Lipinski definition) is 0. The van der Waals surface area contributed by atoms with Gasteiger partial charge in [0, 0.05) is 11.1 Å². The lowest BCUT2D eigenvalue weighted by Crippen LogP contribution is -2.23. The number of thiazole rings is 1. The van der Waals surface area contributed by atoms with Crippen LogP contribution in [0.15, 0.2) is 6.20 Å². The third-order valence-electron chi connectivity index (χ3n) is 1.24. The zero-order chi connectivity index (χ0) is 10.1. The zero-order valence-electron chi connectivity index (χ0n) is 6.11. The number of hydrogen-bond acceptors (Lipinski definition) is 2. The molecule has 0 aromatic carbocycles. The van der Waals surface area contributed by atoms with Crippen molar-refractivity contribution in [2.75, 3.05) is 0 Å². The van der Waals surface area contributed by atoms with Crippen LogP contribution in [0.3, 0.4) is 0 Å². The van der Waals surface area contributed by atoms with E-state index in [-0.39, 0.29) is 5.88 Å². The molecule has 1 aromatic heterocycles. The Kier molecular flexibility index (Phi) is 3.13. The molecule has 7 heteroatoms. The summed E-state index contributed by atoms with van der Waals surface area (Å²) in [5, 5.41) is -0.891. The van der Waals surface area contributed by atoms with Gasteiger partial charge >= 0.3 is 12.3 Å². The molecule has 0 aliphatic heterocycles. The van der Waals surface area contributed by atoms with Crippen molar-refractivity contribution in [3.05, 3.63) is 16.1 Å². The maximum Gasteiger partial charge on any atom is 0.358 e. The Morgan fingerprint density at radius 3 is 2.54 bits per heavy atom. The van der Waals surface area contributed by atoms with E-state index < -0.39 is 17.4 Å². The first-order valence-corrected chi connectivity index (χ1v) is 4.50. The Bertz CT molecular complexity index is 288. The lowest BCUT2D eigenvalue weighted by molar-refractivity contribution is -0.135. The molecule has 1 rings (SSSR count). The smallest absolute Gasteiger partial charge is 0.243 e. The molecule has 1 heterocycles. The average molecular weight is 234 g/mol. The monoisotopic (exact) mass is 233 g/mol. The Hall–Kier alpha value is -0.360. The van der Waals surface area contributed by atoms with Gasteiger partial charge in [0.05, 0.1) is 5.88 Å². The van der Waals surface area contributed by atoms with Crippen LogP contribution in [0, 0.1) is 0 Å². The molecule has 1 aromatic rings. The fourth-order valence-corrected chi connectivity index (χ4v) is 1.59. The molecule has 74 valence electrons. The molecular formula is C6H4ClF4NS. The summed E-state index contributed by atoms with van der Waals surface area (Å²) in [6.07, 6.45) is -2.66. The van der Waals surface area contributed by atoms with Crippen LogP contribution in [0.25, 0.3) is 0 Å². The lowest BCUT2D eigenvalue weighted by atomic mass is 10.4. The maximum absolute atomic E-state index is 12.6. The highest BCUT2D eigenvalue weighted by Gasteiger charge is 2.45. The van der Waals surface area contributed by atoms with Crippen LogP contribution >= 0.6 is 22.9 Å². The molecule has 0 aliphatic carbocycles. The summed E-state index contributed by atoms with van der Waals surface area (Å²) in [6.45, 7) is 0. The second-order valence-electron chi connectivity index (χ2n) is 2.19. The molecule has 0 N–H and O–H groups in total. The summed E-state index contributed by atoms with van der Waals surface area (Å²) in [7, 11) is 0. The van der Waals surface area contributed by atoms with E-state index in [2.05, 4.69) is 4.98 Å². The van der Waals surface area contributed by atoms with Gasteiger partial charge in [-0.2, -0.15) is 8.78 Å². The molecule has 0 unspecified atom stereocenters. The number of aromatic nitrogens is 1. The van der Waals surface area contributed by atoms with E-state index in [9.17, 15) is 17.6 Å². The van der Waals surface area contributed by atoms with E-state index >= 15 is 0 Å². The van der Waals surface area contributed by atoms with Gasteiger partial charge in [0.1, 0.15) is 0 Å². The fraction of sp³-hybridized carbons (Fsp3) is 0.500. The van der Waals surface area contributed by atoms with Crippen molar-refractivity contribution in [2.24, 2.45) is 0 Å². The molecule has 0 atom stereocenters. The molecule has 1 nitrogen and oxygen atoms in total. The first-order valence-electron chi connectivity index (χ1n) is 3.15. The van der Waals surface area contributed by atoms with Crippen molar-refractivity contribution < 1.29 is 17.6 Å². The zero-order valence-corrected chi connectivity index (χ0v) is 7.68. The van der Waals surface area contributed by atoms with Crippen molar-refractivity contribution in [3.63, 3.8) is 0 Å². The molecule has 0 spiro atoms. The predicted octanol–water partition coefficient (Wildman–Crippen LogP) is 3.24. The first kappa shape index (κ1) is 10.7. The van der Waals surface area contributed by atoms with Gasteiger partial charge in [-0.1, -0.05) is 0 Å². The molecule has 0 fully saturated rings. The summed E-state index contributed by atoms with van der Waals surface area (Å²) in [4.78, 5) is 3.53. The Balaban J connectivity index is 2.93. The van der Waals surface area contributed by atoms with Crippen LogP contribution in [0.4, 0.5) is 17.6 Å². The molecule has 0 bridgehead atoms. The normalized spacial score (nSPS) is 12.5. The molecule has 0 amide bonds. The molecule has 0 aliphatic rings. The van der Waals surface area contributed by atoms with E-state index in [1.807, 2.05) is 0 Å². The van der Waals surface area contributed by atoms with Gasteiger partial charge in [0.15, 0.2) is 5.01 Å². The highest BCUT2D eigenvalue weighted by molar-refractivity contribution is 7.11. The second-order valence-corrected chi connectivity index (χ2v) is 3.57. The maximum atomic E-state index is 12.6. The van der Waals surface area contributed by atoms with Crippen LogP contribution < -0.4 is 0 Å². The lowest BCUT2D eigenvalue weighted by Gasteiger charge is -2.10. The van der Waals surface area contributed by atoms with Crippen LogP contribution in [-0.4, -0.2) is 11.4 Å². The highest BCUT2D eigenvalue weighted by atomic mass is 35.5. The van der Waals surface area contributed by atoms with Gasteiger partial charge < -0.3 is 0 Å². The van der Waals surface area contributed by atoms with Crippen LogP contribution in [-0.2, 0) is 11.8 Å². The first-order chi connectivity index (χ1) is 5.98. The van der Waals surface area contributed by atoms with Gasteiger partial charge in [0.2, 0.25) is 0 Å². The molecule has 0 saturated heterocycles.